The lowest BCUT2D eigenvalue weighted by atomic mass is 9.58. The maximum Gasteiger partial charge on any atom is 0.122 e. The summed E-state index contributed by atoms with van der Waals surface area (Å²) < 4.78 is 5.57. The Kier molecular flexibility index (Phi) is 3.91. The lowest BCUT2D eigenvalue weighted by Gasteiger charge is -2.49. The maximum atomic E-state index is 5.57. The molecule has 1 aliphatic carbocycles. The fourth-order valence-corrected chi connectivity index (χ4v) is 3.25. The standard InChI is InChI=1S/C17H27NO/c1-13-10-17(11-13,12-18-16(2,3)4)14-8-6-7-9-15(14)19-5/h6-9,13,18H,10-12H2,1-5H3. The van der Waals surface area contributed by atoms with Gasteiger partial charge >= 0.3 is 0 Å². The van der Waals surface area contributed by atoms with Crippen LogP contribution in [-0.4, -0.2) is 19.2 Å². The Hall–Kier alpha value is -1.02. The van der Waals surface area contributed by atoms with Gasteiger partial charge in [0, 0.05) is 23.1 Å². The van der Waals surface area contributed by atoms with Gasteiger partial charge in [0.05, 0.1) is 7.11 Å². The van der Waals surface area contributed by atoms with Crippen molar-refractivity contribution < 1.29 is 4.74 Å². The number of hydrogen-bond acceptors (Lipinski definition) is 2. The summed E-state index contributed by atoms with van der Waals surface area (Å²) in [4.78, 5) is 0. The third kappa shape index (κ3) is 3.11. The fourth-order valence-electron chi connectivity index (χ4n) is 3.25. The average molecular weight is 261 g/mol. The Morgan fingerprint density at radius 1 is 1.26 bits per heavy atom. The molecule has 0 aliphatic heterocycles. The van der Waals surface area contributed by atoms with Crippen molar-refractivity contribution in [2.75, 3.05) is 13.7 Å². The molecule has 106 valence electrons. The summed E-state index contributed by atoms with van der Waals surface area (Å²) >= 11 is 0. The van der Waals surface area contributed by atoms with Crippen LogP contribution in [-0.2, 0) is 5.41 Å². The Morgan fingerprint density at radius 3 is 2.42 bits per heavy atom. The second kappa shape index (κ2) is 5.16. The summed E-state index contributed by atoms with van der Waals surface area (Å²) in [6, 6.07) is 8.49. The lowest BCUT2D eigenvalue weighted by Crippen LogP contribution is -2.52. The molecule has 2 heteroatoms. The minimum absolute atomic E-state index is 0.161. The van der Waals surface area contributed by atoms with E-state index in [1.54, 1.807) is 7.11 Å². The fraction of sp³-hybridized carbons (Fsp3) is 0.647. The van der Waals surface area contributed by atoms with Crippen LogP contribution in [0, 0.1) is 5.92 Å². The van der Waals surface area contributed by atoms with Crippen LogP contribution in [0.2, 0.25) is 0 Å². The molecule has 0 radical (unpaired) electrons. The van der Waals surface area contributed by atoms with Crippen molar-refractivity contribution in [2.45, 2.75) is 51.5 Å². The number of hydrogen-bond donors (Lipinski definition) is 1. The van der Waals surface area contributed by atoms with Crippen molar-refractivity contribution in [3.63, 3.8) is 0 Å². The van der Waals surface area contributed by atoms with E-state index in [4.69, 9.17) is 4.74 Å². The molecule has 1 aliphatic rings. The van der Waals surface area contributed by atoms with Crippen molar-refractivity contribution in [1.29, 1.82) is 0 Å². The zero-order chi connectivity index (χ0) is 14.1. The van der Waals surface area contributed by atoms with E-state index in [0.29, 0.717) is 0 Å². The van der Waals surface area contributed by atoms with Crippen molar-refractivity contribution in [2.24, 2.45) is 5.92 Å². The lowest BCUT2D eigenvalue weighted by molar-refractivity contribution is 0.138. The summed E-state index contributed by atoms with van der Waals surface area (Å²) in [6.07, 6.45) is 2.49. The second-order valence-electron chi connectivity index (χ2n) is 7.10. The van der Waals surface area contributed by atoms with E-state index in [2.05, 4.69) is 57.3 Å². The molecule has 0 aromatic heterocycles. The number of methoxy groups -OCH3 is 1. The van der Waals surface area contributed by atoms with Crippen LogP contribution in [0.1, 0.15) is 46.1 Å². The molecule has 0 atom stereocenters. The highest BCUT2D eigenvalue weighted by Gasteiger charge is 2.45. The Balaban J connectivity index is 2.24. The molecular formula is C17H27NO. The quantitative estimate of drug-likeness (QED) is 0.891. The molecule has 2 rings (SSSR count). The van der Waals surface area contributed by atoms with Crippen LogP contribution < -0.4 is 10.1 Å². The molecule has 19 heavy (non-hydrogen) atoms. The van der Waals surface area contributed by atoms with Crippen molar-refractivity contribution in [1.82, 2.24) is 5.32 Å². The topological polar surface area (TPSA) is 21.3 Å². The van der Waals surface area contributed by atoms with Gasteiger partial charge in [-0.05, 0) is 45.6 Å². The van der Waals surface area contributed by atoms with Crippen molar-refractivity contribution >= 4 is 0 Å². The molecule has 1 N–H and O–H groups in total. The number of nitrogens with one attached hydrogen (secondary N) is 1. The van der Waals surface area contributed by atoms with Gasteiger partial charge in [0.2, 0.25) is 0 Å². The molecule has 1 aromatic carbocycles. The number of ether oxygens (including phenoxy) is 1. The van der Waals surface area contributed by atoms with Gasteiger partial charge in [-0.1, -0.05) is 25.1 Å². The highest BCUT2D eigenvalue weighted by Crippen LogP contribution is 2.50. The highest BCUT2D eigenvalue weighted by molar-refractivity contribution is 5.42. The molecule has 2 nitrogen and oxygen atoms in total. The first-order valence-corrected chi connectivity index (χ1v) is 7.25. The van der Waals surface area contributed by atoms with Crippen LogP contribution in [0.25, 0.3) is 0 Å². The van der Waals surface area contributed by atoms with Gasteiger partial charge < -0.3 is 10.1 Å². The first-order valence-electron chi connectivity index (χ1n) is 7.25. The molecule has 1 saturated carbocycles. The molecule has 0 heterocycles. The Bertz CT molecular complexity index is 427. The normalized spacial score (nSPS) is 26.9. The predicted octanol–water partition coefficient (Wildman–Crippen LogP) is 3.75. The minimum atomic E-state index is 0.161. The van der Waals surface area contributed by atoms with Crippen LogP contribution >= 0.6 is 0 Å². The van der Waals surface area contributed by atoms with Gasteiger partial charge in [-0.3, -0.25) is 0 Å². The summed E-state index contributed by atoms with van der Waals surface area (Å²) in [6.45, 7) is 10.0. The molecule has 1 aromatic rings. The highest BCUT2D eigenvalue weighted by atomic mass is 16.5. The zero-order valence-corrected chi connectivity index (χ0v) is 12.9. The van der Waals surface area contributed by atoms with Gasteiger partial charge in [-0.25, -0.2) is 0 Å². The van der Waals surface area contributed by atoms with Crippen LogP contribution in [0.4, 0.5) is 0 Å². The first kappa shape index (κ1) is 14.4. The maximum absolute atomic E-state index is 5.57. The molecule has 0 amide bonds. The van der Waals surface area contributed by atoms with Gasteiger partial charge in [-0.15, -0.1) is 0 Å². The number of benzene rings is 1. The van der Waals surface area contributed by atoms with Crippen molar-refractivity contribution in [3.8, 4) is 5.75 Å². The van der Waals surface area contributed by atoms with Crippen LogP contribution in [0.15, 0.2) is 24.3 Å². The monoisotopic (exact) mass is 261 g/mol. The van der Waals surface area contributed by atoms with E-state index >= 15 is 0 Å². The largest absolute Gasteiger partial charge is 0.496 e. The third-order valence-electron chi connectivity index (χ3n) is 4.11. The summed E-state index contributed by atoms with van der Waals surface area (Å²) in [7, 11) is 1.77. The third-order valence-corrected chi connectivity index (χ3v) is 4.11. The number of para-hydroxylation sites is 1. The smallest absolute Gasteiger partial charge is 0.122 e. The van der Waals surface area contributed by atoms with Gasteiger partial charge in [0.15, 0.2) is 0 Å². The molecular weight excluding hydrogens is 234 g/mol. The van der Waals surface area contributed by atoms with Crippen LogP contribution in [0.5, 0.6) is 5.75 Å². The molecule has 0 spiro atoms. The zero-order valence-electron chi connectivity index (χ0n) is 12.9. The van der Waals surface area contributed by atoms with E-state index in [-0.39, 0.29) is 11.0 Å². The second-order valence-corrected chi connectivity index (χ2v) is 7.10. The van der Waals surface area contributed by atoms with E-state index in [1.807, 2.05) is 0 Å². The summed E-state index contributed by atoms with van der Waals surface area (Å²) in [5.74, 6) is 1.84. The molecule has 0 unspecified atom stereocenters. The first-order chi connectivity index (χ1) is 8.86. The van der Waals surface area contributed by atoms with Crippen molar-refractivity contribution in [3.05, 3.63) is 29.8 Å². The summed E-state index contributed by atoms with van der Waals surface area (Å²) in [5.41, 5.74) is 1.78. The Morgan fingerprint density at radius 2 is 1.89 bits per heavy atom. The average Bonchev–Trinajstić information content (AvgIpc) is 2.32. The molecule has 0 bridgehead atoms. The van der Waals surface area contributed by atoms with Crippen LogP contribution in [0.3, 0.4) is 0 Å². The van der Waals surface area contributed by atoms with E-state index in [0.717, 1.165) is 18.2 Å². The van der Waals surface area contributed by atoms with E-state index in [1.165, 1.54) is 18.4 Å². The van der Waals surface area contributed by atoms with E-state index in [9.17, 15) is 0 Å². The summed E-state index contributed by atoms with van der Waals surface area (Å²) in [5, 5.41) is 3.68. The molecule has 0 saturated heterocycles. The van der Waals surface area contributed by atoms with Gasteiger partial charge in [-0.2, -0.15) is 0 Å². The Labute approximate surface area is 117 Å². The SMILES string of the molecule is COc1ccccc1C1(CNC(C)(C)C)CC(C)C1. The minimum Gasteiger partial charge on any atom is -0.496 e. The number of rotatable bonds is 4. The van der Waals surface area contributed by atoms with Gasteiger partial charge in [0.25, 0.3) is 0 Å². The predicted molar refractivity (Wildman–Crippen MR) is 80.8 cm³/mol. The van der Waals surface area contributed by atoms with E-state index < -0.39 is 0 Å². The van der Waals surface area contributed by atoms with Gasteiger partial charge in [0.1, 0.15) is 5.75 Å². The molecule has 1 fully saturated rings.